The summed E-state index contributed by atoms with van der Waals surface area (Å²) >= 11 is 0. The standard InChI is InChI=1S/C12H18N2O2.C10H15NO.2C7H9NO.C6H14N2O.2C6H13NO.2C6H15NO.C6H14O.C4H6N2O.C4H11NO2.3C3H9NO/c1-9(14(2)11(15)8-13)12(16)10-6-4-3-5-7-10;1-11-8-7-10(12)9-5-3-2-4-6-9;8-7-3-1-6(5-9)2-4-7;8-7-3-1-2-6(4-7)5-9;9-6-5-8-3-1-7-2-4-8;7-5-1-3-6(8)4-2-5;7-6(5-8)3-1-2-4-6;1-2-4-7-5-3-6-8;7-5-3-1-2-4-6-8;1-4-6(2,3)5-7;5-4-1-3(7)2-6-4;5-1-3-7-4-2-6;1-4-2-3-5;1-3(5)2-4;4-2-1-3-5/h3-7,9,12,16H,8,13H2,1-2H3;2-6,10-12H,7-8H2,1H3;2*1-4,9H,5,8H2;7,9H,1-6H2;5-6,8H,1-4,7H2;8H,1-5,7H2;7-8H,2-6H2,1H3;8H,1-7H2;7H,4-5H2,1-3H3;1,7H,2H2,(H2,5,6);6H,1-5H2;4-5H,2-3H2,1H3;3,5H,2,4H2,1H3;5H,1-4H2/t9-,12+;;;;;;;;;;;;;;/m1............../s1. The van der Waals surface area contributed by atoms with Gasteiger partial charge in [-0.25, -0.2) is 0 Å². The number of nitrogens with two attached hydrogens (primary N) is 10. The van der Waals surface area contributed by atoms with Crippen LogP contribution in [0.1, 0.15) is 185 Å². The van der Waals surface area contributed by atoms with Crippen molar-refractivity contribution >= 4 is 23.1 Å². The highest BCUT2D eigenvalue weighted by atomic mass is 16.5. The minimum absolute atomic E-state index is 0.0393. The van der Waals surface area contributed by atoms with Gasteiger partial charge in [-0.15, -0.1) is 0 Å². The number of nitrogens with one attached hydrogen (secondary N) is 4. The molecule has 722 valence electrons. The highest BCUT2D eigenvalue weighted by Crippen LogP contribution is 2.26. The van der Waals surface area contributed by atoms with Crippen LogP contribution in [0.3, 0.4) is 0 Å². The van der Waals surface area contributed by atoms with Crippen LogP contribution in [0, 0.1) is 5.41 Å². The molecule has 34 heteroatoms. The Hall–Kier alpha value is -6.12. The smallest absolute Gasteiger partial charge is 0.236 e. The number of aliphatic hydroxyl groups excluding tert-OH is 15. The van der Waals surface area contributed by atoms with E-state index in [1.54, 1.807) is 64.3 Å². The Morgan fingerprint density at radius 3 is 1.52 bits per heavy atom. The number of rotatable bonds is 34. The Kier molecular flexibility index (Phi) is 102. The maximum Gasteiger partial charge on any atom is 0.236 e. The molecule has 4 atom stereocenters. The number of nitrogens with zero attached hydrogens (tertiary/aromatic N) is 3. The molecule has 2 heterocycles. The lowest BCUT2D eigenvalue weighted by molar-refractivity contribution is -0.132. The van der Waals surface area contributed by atoms with E-state index in [0.717, 1.165) is 177 Å². The molecule has 4 aromatic rings. The number of hydrogen-bond donors (Lipinski definition) is 29. The number of ether oxygens (including phenoxy) is 1. The number of benzene rings is 4. The molecule has 123 heavy (non-hydrogen) atoms. The first-order chi connectivity index (χ1) is 58.8. The van der Waals surface area contributed by atoms with E-state index in [1.807, 2.05) is 93.7 Å². The Morgan fingerprint density at radius 2 is 1.17 bits per heavy atom. The number of β-amino-alcohol motifs (C(OH)–C–C–N with tert-alkyl or cyclic N) is 1. The molecule has 1 saturated heterocycles. The molecule has 1 amide bonds. The van der Waals surface area contributed by atoms with Gasteiger partial charge in [0, 0.05) is 115 Å². The van der Waals surface area contributed by atoms with Gasteiger partial charge in [0.05, 0.1) is 96.4 Å². The van der Waals surface area contributed by atoms with Crippen molar-refractivity contribution in [3.63, 3.8) is 0 Å². The van der Waals surface area contributed by atoms with Crippen LogP contribution in [0.2, 0.25) is 0 Å². The number of unbranched alkanes of at least 4 members (excludes halogenated alkanes) is 3. The molecule has 39 N–H and O–H groups in total. The summed E-state index contributed by atoms with van der Waals surface area (Å²) in [5.74, 6) is 0.484. The largest absolute Gasteiger partial charge is 0.510 e. The number of hydrogen-bond acceptors (Lipinski definition) is 33. The summed E-state index contributed by atoms with van der Waals surface area (Å²) in [6.45, 7) is 26.0. The first-order valence-electron chi connectivity index (χ1n) is 43.4. The van der Waals surface area contributed by atoms with Crippen molar-refractivity contribution in [3.05, 3.63) is 143 Å². The van der Waals surface area contributed by atoms with E-state index in [9.17, 15) is 15.0 Å². The number of aliphatic imine (C=N–C) groups is 1. The van der Waals surface area contributed by atoms with E-state index < -0.39 is 6.10 Å². The van der Waals surface area contributed by atoms with Crippen LogP contribution in [0.4, 0.5) is 11.4 Å². The van der Waals surface area contributed by atoms with E-state index in [-0.39, 0.29) is 93.2 Å². The van der Waals surface area contributed by atoms with Gasteiger partial charge in [-0.1, -0.05) is 138 Å². The van der Waals surface area contributed by atoms with E-state index in [4.69, 9.17) is 128 Å². The number of anilines is 2. The normalized spacial score (nSPS) is 15.3. The third-order valence-corrected chi connectivity index (χ3v) is 17.9. The first kappa shape index (κ1) is 130. The predicted molar refractivity (Wildman–Crippen MR) is 505 cm³/mol. The molecule has 2 unspecified atom stereocenters. The van der Waals surface area contributed by atoms with Crippen LogP contribution in [0.15, 0.2) is 126 Å². The van der Waals surface area contributed by atoms with Gasteiger partial charge in [0.1, 0.15) is 11.6 Å². The number of amidine groups is 1. The van der Waals surface area contributed by atoms with Crippen LogP contribution in [-0.2, 0) is 22.7 Å². The maximum atomic E-state index is 11.4. The van der Waals surface area contributed by atoms with Gasteiger partial charge in [-0.3, -0.25) is 14.7 Å². The van der Waals surface area contributed by atoms with Crippen LogP contribution in [-0.4, -0.2) is 313 Å². The van der Waals surface area contributed by atoms with Crippen LogP contribution >= 0.6 is 0 Å². The average Bonchev–Trinajstić information content (AvgIpc) is 1.70. The van der Waals surface area contributed by atoms with Crippen LogP contribution < -0.4 is 78.6 Å². The fourth-order valence-corrected chi connectivity index (χ4v) is 9.48. The molecular weight excluding hydrogens is 1580 g/mol. The molecular formula is C89H179N17O17. The number of aliphatic hydroxyl groups is 15. The van der Waals surface area contributed by atoms with E-state index in [0.29, 0.717) is 89.9 Å². The molecule has 2 saturated carbocycles. The van der Waals surface area contributed by atoms with Crippen molar-refractivity contribution in [1.82, 2.24) is 31.1 Å². The highest BCUT2D eigenvalue weighted by molar-refractivity contribution is 5.93. The van der Waals surface area contributed by atoms with Crippen molar-refractivity contribution in [1.29, 1.82) is 0 Å². The Labute approximate surface area is 739 Å². The predicted octanol–water partition coefficient (Wildman–Crippen LogP) is 1.65. The highest BCUT2D eigenvalue weighted by Gasteiger charge is 2.28. The minimum atomic E-state index is -0.693. The fraction of sp³-hybridized carbons (Fsp3) is 0.685. The zero-order chi connectivity index (χ0) is 94.6. The van der Waals surface area contributed by atoms with Gasteiger partial charge < -0.3 is 165 Å². The van der Waals surface area contributed by atoms with Crippen molar-refractivity contribution in [3.8, 4) is 0 Å². The summed E-state index contributed by atoms with van der Waals surface area (Å²) in [4.78, 5) is 18.8. The molecule has 2 aliphatic carbocycles. The lowest BCUT2D eigenvalue weighted by atomic mass is 9.92. The Morgan fingerprint density at radius 1 is 0.634 bits per heavy atom. The summed E-state index contributed by atoms with van der Waals surface area (Å²) in [5.41, 5.74) is 57.6. The van der Waals surface area contributed by atoms with Gasteiger partial charge >= 0.3 is 0 Å². The molecule has 0 bridgehead atoms. The summed E-state index contributed by atoms with van der Waals surface area (Å²) in [7, 11) is 5.33. The zero-order valence-electron chi connectivity index (χ0n) is 76.7. The topological polar surface area (TPSA) is 657 Å². The summed E-state index contributed by atoms with van der Waals surface area (Å²) in [5, 5.41) is 141. The SMILES string of the molecule is CC(O)CN.CCC(C)(C)CO.CCCNCCCO.CNCCC(O)c1ccccc1.CNCCO.C[C@H]([C@H](O)c1ccccc1)N(C)C(=O)CN.NC1(CO)CCCC1.NC1=NCC(O)=C1.NC1CCC(O)CC1.NCCCCCCO.NCCCO.NCCOCCO.Nc1ccc(CO)cc1.Nc1cccc(CO)c1.OCCN1CCNCC1. The third kappa shape index (κ3) is 91.9. The summed E-state index contributed by atoms with van der Waals surface area (Å²) in [6.07, 6.45) is 17.1. The molecule has 0 radical (unpaired) electrons. The summed E-state index contributed by atoms with van der Waals surface area (Å²) in [6, 6.07) is 33.4. The third-order valence-electron chi connectivity index (χ3n) is 17.9. The fourth-order valence-electron chi connectivity index (χ4n) is 9.48. The lowest BCUT2D eigenvalue weighted by Crippen LogP contribution is -2.44. The van der Waals surface area contributed by atoms with Gasteiger partial charge in [0.15, 0.2) is 0 Å². The zero-order valence-corrected chi connectivity index (χ0v) is 76.7. The van der Waals surface area contributed by atoms with Crippen molar-refractivity contribution in [2.24, 2.45) is 56.3 Å². The van der Waals surface area contributed by atoms with E-state index in [2.05, 4.69) is 45.0 Å². The second kappa shape index (κ2) is 96.5. The molecule has 2 aliphatic heterocycles. The lowest BCUT2D eigenvalue weighted by Gasteiger charge is -2.28. The number of amides is 1. The van der Waals surface area contributed by atoms with Gasteiger partial charge in [0.2, 0.25) is 5.91 Å². The van der Waals surface area contributed by atoms with Crippen molar-refractivity contribution < 1.29 is 86.1 Å². The second-order valence-electron chi connectivity index (χ2n) is 29.7. The Bertz CT molecular complexity index is 2770. The first-order valence-corrected chi connectivity index (χ1v) is 43.4. The maximum absolute atomic E-state index is 11.4. The molecule has 0 spiro atoms. The van der Waals surface area contributed by atoms with Gasteiger partial charge in [-0.05, 0) is 196 Å². The molecule has 34 nitrogen and oxygen atoms in total. The monoisotopic (exact) mass is 1760 g/mol. The number of piperazine rings is 1. The molecule has 0 aromatic heterocycles. The molecule has 8 rings (SSSR count). The molecule has 3 fully saturated rings. The number of carbonyl (C=O) groups excluding carboxylic acids is 1. The molecule has 4 aliphatic rings. The van der Waals surface area contributed by atoms with Crippen molar-refractivity contribution in [2.45, 2.75) is 206 Å². The van der Waals surface area contributed by atoms with Gasteiger partial charge in [0.25, 0.3) is 0 Å². The van der Waals surface area contributed by atoms with E-state index in [1.165, 1.54) is 30.2 Å². The molecule has 4 aromatic carbocycles. The number of carbonyl (C=O) groups is 1. The quantitative estimate of drug-likeness (QED) is 0.0233. The average molecular weight is 1760 g/mol. The van der Waals surface area contributed by atoms with Gasteiger partial charge in [-0.2, -0.15) is 0 Å². The van der Waals surface area contributed by atoms with E-state index >= 15 is 0 Å². The Balaban J connectivity index is -0.000000237. The number of likely N-dealkylation sites (N-methyl/N-ethyl adjacent to an activating group) is 2. The van der Waals surface area contributed by atoms with Crippen molar-refractivity contribution in [2.75, 3.05) is 197 Å². The van der Waals surface area contributed by atoms with Crippen LogP contribution in [0.25, 0.3) is 0 Å². The number of nitrogen functional groups attached to an aromatic ring is 2. The minimum Gasteiger partial charge on any atom is -0.510 e. The summed E-state index contributed by atoms with van der Waals surface area (Å²) < 4.78 is 4.76. The second-order valence-corrected chi connectivity index (χ2v) is 29.7. The van der Waals surface area contributed by atoms with Crippen LogP contribution in [0.5, 0.6) is 0 Å².